The number of carbonyl (C=O) groups is 1. The van der Waals surface area contributed by atoms with Gasteiger partial charge in [0.25, 0.3) is 0 Å². The van der Waals surface area contributed by atoms with E-state index in [1.54, 1.807) is 0 Å². The van der Waals surface area contributed by atoms with Crippen LogP contribution in [0, 0.1) is 56.7 Å². The van der Waals surface area contributed by atoms with Crippen molar-refractivity contribution in [1.29, 1.82) is 0 Å². The molecule has 0 aromatic carbocycles. The molecule has 44 heavy (non-hydrogen) atoms. The largest absolute Gasteiger partial charge is 0.432 e. The van der Waals surface area contributed by atoms with E-state index in [0.29, 0.717) is 30.6 Å². The zero-order valence-electron chi connectivity index (χ0n) is 28.0. The van der Waals surface area contributed by atoms with Gasteiger partial charge in [0.15, 0.2) is 0 Å². The predicted octanol–water partition coefficient (Wildman–Crippen LogP) is 4.35. The summed E-state index contributed by atoms with van der Waals surface area (Å²) in [4.78, 5) is 14.4. The molecular formula is C36H58O8. The van der Waals surface area contributed by atoms with E-state index in [2.05, 4.69) is 54.5 Å². The second kappa shape index (κ2) is 10.7. The Morgan fingerprint density at radius 2 is 1.59 bits per heavy atom. The van der Waals surface area contributed by atoms with Gasteiger partial charge in [-0.3, -0.25) is 4.79 Å². The van der Waals surface area contributed by atoms with Gasteiger partial charge in [0.05, 0.1) is 18.1 Å². The fourth-order valence-electron chi connectivity index (χ4n) is 12.2. The van der Waals surface area contributed by atoms with Crippen LogP contribution < -0.4 is 0 Å². The van der Waals surface area contributed by atoms with Gasteiger partial charge in [0.2, 0.25) is 6.29 Å². The highest BCUT2D eigenvalue weighted by molar-refractivity contribution is 5.79. The van der Waals surface area contributed by atoms with Crippen LogP contribution in [0.1, 0.15) is 106 Å². The minimum atomic E-state index is -1.61. The summed E-state index contributed by atoms with van der Waals surface area (Å²) in [5.74, 6) is 1.26. The molecule has 5 N–H and O–H groups in total. The Kier molecular flexibility index (Phi) is 8.03. The Hall–Kier alpha value is -1.03. The summed E-state index contributed by atoms with van der Waals surface area (Å²) in [6, 6.07) is 0. The van der Waals surface area contributed by atoms with E-state index in [0.717, 1.165) is 44.9 Å². The fraction of sp³-hybridized carbons (Fsp3) is 0.917. The number of rotatable bonds is 3. The van der Waals surface area contributed by atoms with Gasteiger partial charge in [-0.1, -0.05) is 60.1 Å². The highest BCUT2D eigenvalue weighted by Crippen LogP contribution is 2.75. The highest BCUT2D eigenvalue weighted by atomic mass is 16.7. The lowest BCUT2D eigenvalue weighted by Gasteiger charge is -2.71. The molecule has 4 saturated carbocycles. The lowest BCUT2D eigenvalue weighted by atomic mass is 9.33. The average molecular weight is 619 g/mol. The van der Waals surface area contributed by atoms with Crippen LogP contribution in [0.2, 0.25) is 0 Å². The van der Waals surface area contributed by atoms with Crippen molar-refractivity contribution in [3.63, 3.8) is 0 Å². The van der Waals surface area contributed by atoms with Crippen LogP contribution in [0.15, 0.2) is 11.6 Å². The minimum Gasteiger partial charge on any atom is -0.432 e. The quantitative estimate of drug-likeness (QED) is 0.233. The molecule has 0 aromatic rings. The smallest absolute Gasteiger partial charge is 0.315 e. The molecule has 0 radical (unpaired) electrons. The number of hydrogen-bond donors (Lipinski definition) is 5. The Balaban J connectivity index is 1.36. The first-order valence-corrected chi connectivity index (χ1v) is 17.4. The summed E-state index contributed by atoms with van der Waals surface area (Å²) in [6.07, 6.45) is 3.22. The molecule has 8 nitrogen and oxygen atoms in total. The molecule has 6 rings (SSSR count). The van der Waals surface area contributed by atoms with E-state index in [4.69, 9.17) is 9.47 Å². The van der Waals surface area contributed by atoms with Crippen LogP contribution in [-0.2, 0) is 14.3 Å². The fourth-order valence-corrected chi connectivity index (χ4v) is 12.2. The first-order chi connectivity index (χ1) is 20.5. The van der Waals surface area contributed by atoms with Gasteiger partial charge in [-0.25, -0.2) is 0 Å². The van der Waals surface area contributed by atoms with E-state index >= 15 is 0 Å². The zero-order valence-corrected chi connectivity index (χ0v) is 28.0. The summed E-state index contributed by atoms with van der Waals surface area (Å²) in [7, 11) is 0. The van der Waals surface area contributed by atoms with Crippen LogP contribution in [0.25, 0.3) is 0 Å². The monoisotopic (exact) mass is 618 g/mol. The molecule has 0 unspecified atom stereocenters. The van der Waals surface area contributed by atoms with Gasteiger partial charge >= 0.3 is 5.97 Å². The molecule has 0 amide bonds. The number of aliphatic hydroxyl groups is 5. The van der Waals surface area contributed by atoms with Crippen molar-refractivity contribution < 1.29 is 39.8 Å². The van der Waals surface area contributed by atoms with Gasteiger partial charge in [0.1, 0.15) is 24.4 Å². The van der Waals surface area contributed by atoms with Crippen LogP contribution in [0.3, 0.4) is 0 Å². The number of aliphatic hydroxyl groups excluding tert-OH is 5. The topological polar surface area (TPSA) is 137 Å². The van der Waals surface area contributed by atoms with E-state index in [9.17, 15) is 30.3 Å². The van der Waals surface area contributed by atoms with Crippen molar-refractivity contribution in [2.45, 2.75) is 143 Å². The Morgan fingerprint density at radius 1 is 0.886 bits per heavy atom. The first-order valence-electron chi connectivity index (χ1n) is 17.4. The molecule has 250 valence electrons. The van der Waals surface area contributed by atoms with E-state index < -0.39 is 48.7 Å². The van der Waals surface area contributed by atoms with Crippen molar-refractivity contribution in [3.8, 4) is 0 Å². The van der Waals surface area contributed by atoms with Gasteiger partial charge in [-0.2, -0.15) is 0 Å². The number of esters is 1. The third kappa shape index (κ3) is 4.26. The number of ether oxygens (including phenoxy) is 2. The first kappa shape index (κ1) is 32.9. The molecular weight excluding hydrogens is 560 g/mol. The van der Waals surface area contributed by atoms with Crippen LogP contribution in [0.4, 0.5) is 0 Å². The van der Waals surface area contributed by atoms with Crippen LogP contribution in [0.5, 0.6) is 0 Å². The lowest BCUT2D eigenvalue weighted by molar-refractivity contribution is -0.297. The van der Waals surface area contributed by atoms with E-state index in [-0.39, 0.29) is 39.6 Å². The van der Waals surface area contributed by atoms with E-state index in [1.807, 2.05) is 0 Å². The molecule has 0 aromatic heterocycles. The van der Waals surface area contributed by atoms with Crippen molar-refractivity contribution >= 4 is 5.97 Å². The van der Waals surface area contributed by atoms with Gasteiger partial charge in [-0.15, -0.1) is 0 Å². The number of allylic oxidation sites excluding steroid dienone is 2. The van der Waals surface area contributed by atoms with Crippen LogP contribution in [-0.4, -0.2) is 74.9 Å². The molecule has 1 aliphatic heterocycles. The van der Waals surface area contributed by atoms with Gasteiger partial charge in [0, 0.05) is 0 Å². The number of carbonyl (C=O) groups excluding carboxylic acids is 1. The zero-order chi connectivity index (χ0) is 32.2. The van der Waals surface area contributed by atoms with Crippen molar-refractivity contribution in [2.75, 3.05) is 6.61 Å². The predicted molar refractivity (Wildman–Crippen MR) is 165 cm³/mol. The summed E-state index contributed by atoms with van der Waals surface area (Å²) < 4.78 is 11.6. The molecule has 6 aliphatic rings. The number of hydrogen-bond acceptors (Lipinski definition) is 8. The molecule has 1 saturated heterocycles. The highest BCUT2D eigenvalue weighted by Gasteiger charge is 2.70. The summed E-state index contributed by atoms with van der Waals surface area (Å²) in [5.41, 5.74) is 0.661. The second-order valence-electron chi connectivity index (χ2n) is 17.3. The molecule has 15 atom stereocenters. The van der Waals surface area contributed by atoms with Crippen molar-refractivity contribution in [1.82, 2.24) is 0 Å². The summed E-state index contributed by atoms with van der Waals surface area (Å²) in [5, 5.41) is 52.0. The molecule has 8 heteroatoms. The normalized spacial score (nSPS) is 55.0. The molecule has 5 fully saturated rings. The maximum Gasteiger partial charge on any atom is 0.315 e. The standard InChI is InChI=1S/C36H58O8/c1-19-10-15-36(31(42)44-30-29(41)28(40)27(39)22(18-37)43-30)17-16-34(6)21(26(36)20(19)2)8-9-24-33(5)13-12-25(38)32(3,4)23(33)11-14-35(24,34)7/h8,19-20,22-30,37-41H,9-18H2,1-7H3/t19-,20+,22-,23+,24-,25+,26+,27-,28+,29-,30+,33+,34-,35-,36+/m1/s1. The van der Waals surface area contributed by atoms with Gasteiger partial charge < -0.3 is 35.0 Å². The maximum absolute atomic E-state index is 14.4. The average Bonchev–Trinajstić information content (AvgIpc) is 2.97. The third-order valence-corrected chi connectivity index (χ3v) is 15.4. The Labute approximate surface area is 263 Å². The Morgan fingerprint density at radius 3 is 2.27 bits per heavy atom. The van der Waals surface area contributed by atoms with E-state index in [1.165, 1.54) is 5.57 Å². The van der Waals surface area contributed by atoms with Crippen molar-refractivity contribution in [2.24, 2.45) is 56.7 Å². The second-order valence-corrected chi connectivity index (χ2v) is 17.3. The molecule has 5 aliphatic carbocycles. The SMILES string of the molecule is C[C@H]1[C@H](C)CC[C@]2(C(=O)O[C@@H]3O[C@H](CO)[C@@H](O)[C@H](O)[C@H]3O)CC[C@]3(C)C(=CC[C@@H]4[C@@]5(C)CC[C@H](O)C(C)(C)[C@@H]5CC[C@]43C)[C@H]12. The van der Waals surface area contributed by atoms with Crippen molar-refractivity contribution in [3.05, 3.63) is 11.6 Å². The number of fused-ring (bicyclic) bond motifs is 7. The third-order valence-electron chi connectivity index (χ3n) is 15.4. The minimum absolute atomic E-state index is 0.00434. The lowest BCUT2D eigenvalue weighted by Crippen LogP contribution is -2.66. The maximum atomic E-state index is 14.4. The summed E-state index contributed by atoms with van der Waals surface area (Å²) >= 11 is 0. The van der Waals surface area contributed by atoms with Gasteiger partial charge in [-0.05, 0) is 109 Å². The molecule has 0 spiro atoms. The molecule has 1 heterocycles. The van der Waals surface area contributed by atoms with Crippen LogP contribution >= 0.6 is 0 Å². The Bertz CT molecular complexity index is 1170. The summed E-state index contributed by atoms with van der Waals surface area (Å²) in [6.45, 7) is 16.1. The molecule has 0 bridgehead atoms.